The summed E-state index contributed by atoms with van der Waals surface area (Å²) in [6.45, 7) is 6.06. The number of carbonyl (C=O) groups excluding carboxylic acids is 1. The number of carbonyl (C=O) groups is 1. The van der Waals surface area contributed by atoms with Crippen LogP contribution in [0.1, 0.15) is 24.2 Å². The number of benzene rings is 1. The van der Waals surface area contributed by atoms with Crippen LogP contribution in [0.2, 0.25) is 0 Å². The van der Waals surface area contributed by atoms with Gasteiger partial charge in [0.1, 0.15) is 0 Å². The molecule has 1 aromatic carbocycles. The van der Waals surface area contributed by atoms with Crippen LogP contribution in [0.25, 0.3) is 0 Å². The third kappa shape index (κ3) is 2.46. The Hall–Kier alpha value is -1.03. The van der Waals surface area contributed by atoms with E-state index >= 15 is 0 Å². The van der Waals surface area contributed by atoms with E-state index in [0.29, 0.717) is 23.1 Å². The molecular formula is C13H17BrN2O. The Bertz CT molecular complexity index is 437. The molecule has 2 rings (SSSR count). The van der Waals surface area contributed by atoms with Gasteiger partial charge in [-0.05, 0) is 46.0 Å². The number of hydrogen-bond donors (Lipinski definition) is 1. The van der Waals surface area contributed by atoms with Crippen LogP contribution in [0, 0.1) is 11.8 Å². The molecule has 0 spiro atoms. The van der Waals surface area contributed by atoms with Gasteiger partial charge in [-0.25, -0.2) is 0 Å². The summed E-state index contributed by atoms with van der Waals surface area (Å²) in [4.78, 5) is 14.2. The van der Waals surface area contributed by atoms with E-state index in [9.17, 15) is 4.79 Å². The van der Waals surface area contributed by atoms with Crippen LogP contribution < -0.4 is 5.73 Å². The van der Waals surface area contributed by atoms with Crippen LogP contribution in [0.5, 0.6) is 0 Å². The van der Waals surface area contributed by atoms with Crippen LogP contribution in [-0.2, 0) is 0 Å². The van der Waals surface area contributed by atoms with E-state index in [1.165, 1.54) is 0 Å². The smallest absolute Gasteiger partial charge is 0.253 e. The average Bonchev–Trinajstić information content (AvgIpc) is 2.62. The van der Waals surface area contributed by atoms with Crippen molar-refractivity contribution < 1.29 is 4.79 Å². The highest BCUT2D eigenvalue weighted by Crippen LogP contribution is 2.26. The van der Waals surface area contributed by atoms with Crippen molar-refractivity contribution in [2.75, 3.05) is 18.8 Å². The Balaban J connectivity index is 2.17. The third-order valence-corrected chi connectivity index (χ3v) is 4.24. The summed E-state index contributed by atoms with van der Waals surface area (Å²) in [5.41, 5.74) is 7.07. The van der Waals surface area contributed by atoms with Crippen LogP contribution in [0.4, 0.5) is 5.69 Å². The molecule has 1 saturated heterocycles. The van der Waals surface area contributed by atoms with Crippen molar-refractivity contribution in [3.8, 4) is 0 Å². The second-order valence-corrected chi connectivity index (χ2v) is 5.76. The first-order chi connectivity index (χ1) is 7.99. The van der Waals surface area contributed by atoms with Crippen molar-refractivity contribution in [2.24, 2.45) is 11.8 Å². The molecule has 1 heterocycles. The zero-order valence-electron chi connectivity index (χ0n) is 10.1. The number of anilines is 1. The number of nitrogens with zero attached hydrogens (tertiary/aromatic N) is 1. The standard InChI is InChI=1S/C13H17BrN2O/c1-8-6-16(7-9(8)2)13(17)10-3-4-11(14)12(15)5-10/h3-5,8-9H,6-7,15H2,1-2H3. The Labute approximate surface area is 110 Å². The van der Waals surface area contributed by atoms with Crippen LogP contribution in [-0.4, -0.2) is 23.9 Å². The van der Waals surface area contributed by atoms with Gasteiger partial charge in [0, 0.05) is 28.8 Å². The fraction of sp³-hybridized carbons (Fsp3) is 0.462. The molecule has 2 N–H and O–H groups in total. The lowest BCUT2D eigenvalue weighted by atomic mass is 10.0. The van der Waals surface area contributed by atoms with Gasteiger partial charge in [-0.15, -0.1) is 0 Å². The maximum absolute atomic E-state index is 12.3. The summed E-state index contributed by atoms with van der Waals surface area (Å²) in [5, 5.41) is 0. The van der Waals surface area contributed by atoms with Crippen LogP contribution in [0.3, 0.4) is 0 Å². The van der Waals surface area contributed by atoms with Gasteiger partial charge in [0.05, 0.1) is 0 Å². The third-order valence-electron chi connectivity index (χ3n) is 3.52. The number of nitrogens with two attached hydrogens (primary N) is 1. The molecule has 0 aliphatic carbocycles. The molecule has 1 fully saturated rings. The highest BCUT2D eigenvalue weighted by molar-refractivity contribution is 9.10. The van der Waals surface area contributed by atoms with Gasteiger partial charge in [-0.3, -0.25) is 4.79 Å². The molecule has 92 valence electrons. The number of amides is 1. The molecule has 1 aliphatic heterocycles. The zero-order chi connectivity index (χ0) is 12.6. The summed E-state index contributed by atoms with van der Waals surface area (Å²) in [6.07, 6.45) is 0. The minimum Gasteiger partial charge on any atom is -0.398 e. The largest absolute Gasteiger partial charge is 0.398 e. The van der Waals surface area contributed by atoms with Crippen molar-refractivity contribution in [3.63, 3.8) is 0 Å². The highest BCUT2D eigenvalue weighted by atomic mass is 79.9. The predicted molar refractivity (Wildman–Crippen MR) is 72.8 cm³/mol. The number of halogens is 1. The quantitative estimate of drug-likeness (QED) is 0.810. The molecule has 0 saturated carbocycles. The first-order valence-electron chi connectivity index (χ1n) is 5.83. The minimum atomic E-state index is 0.0837. The zero-order valence-corrected chi connectivity index (χ0v) is 11.7. The van der Waals surface area contributed by atoms with Crippen molar-refractivity contribution >= 4 is 27.5 Å². The fourth-order valence-corrected chi connectivity index (χ4v) is 2.40. The summed E-state index contributed by atoms with van der Waals surface area (Å²) in [5.74, 6) is 1.24. The first-order valence-corrected chi connectivity index (χ1v) is 6.62. The lowest BCUT2D eigenvalue weighted by molar-refractivity contribution is 0.0785. The number of likely N-dealkylation sites (tertiary alicyclic amines) is 1. The van der Waals surface area contributed by atoms with Gasteiger partial charge in [0.2, 0.25) is 0 Å². The molecule has 1 aromatic rings. The molecule has 17 heavy (non-hydrogen) atoms. The molecule has 0 aromatic heterocycles. The number of rotatable bonds is 1. The molecule has 2 unspecified atom stereocenters. The fourth-order valence-electron chi connectivity index (χ4n) is 2.15. The highest BCUT2D eigenvalue weighted by Gasteiger charge is 2.29. The van der Waals surface area contributed by atoms with E-state index in [0.717, 1.165) is 17.6 Å². The minimum absolute atomic E-state index is 0.0837. The van der Waals surface area contributed by atoms with Gasteiger partial charge >= 0.3 is 0 Å². The van der Waals surface area contributed by atoms with E-state index in [-0.39, 0.29) is 5.91 Å². The van der Waals surface area contributed by atoms with Gasteiger partial charge in [-0.2, -0.15) is 0 Å². The molecule has 1 amide bonds. The average molecular weight is 297 g/mol. The molecule has 2 atom stereocenters. The Kier molecular flexibility index (Phi) is 3.43. The Morgan fingerprint density at radius 2 is 1.94 bits per heavy atom. The molecular weight excluding hydrogens is 280 g/mol. The maximum atomic E-state index is 12.3. The van der Waals surface area contributed by atoms with Crippen molar-refractivity contribution in [2.45, 2.75) is 13.8 Å². The molecule has 1 aliphatic rings. The second kappa shape index (κ2) is 4.69. The summed E-state index contributed by atoms with van der Waals surface area (Å²) >= 11 is 3.33. The van der Waals surface area contributed by atoms with E-state index in [2.05, 4.69) is 29.8 Å². The molecule has 4 heteroatoms. The van der Waals surface area contributed by atoms with E-state index in [4.69, 9.17) is 5.73 Å². The Morgan fingerprint density at radius 3 is 2.47 bits per heavy atom. The maximum Gasteiger partial charge on any atom is 0.253 e. The Morgan fingerprint density at radius 1 is 1.35 bits per heavy atom. The predicted octanol–water partition coefficient (Wildman–Crippen LogP) is 2.76. The first kappa shape index (κ1) is 12.4. The van der Waals surface area contributed by atoms with Crippen LogP contribution >= 0.6 is 15.9 Å². The normalized spacial score (nSPS) is 24.1. The van der Waals surface area contributed by atoms with Crippen LogP contribution in [0.15, 0.2) is 22.7 Å². The van der Waals surface area contributed by atoms with Crippen molar-refractivity contribution in [1.82, 2.24) is 4.90 Å². The van der Waals surface area contributed by atoms with Crippen molar-refractivity contribution in [3.05, 3.63) is 28.2 Å². The second-order valence-electron chi connectivity index (χ2n) is 4.90. The monoisotopic (exact) mass is 296 g/mol. The van der Waals surface area contributed by atoms with Gasteiger partial charge in [0.25, 0.3) is 5.91 Å². The summed E-state index contributed by atoms with van der Waals surface area (Å²) in [6, 6.07) is 5.38. The molecule has 3 nitrogen and oxygen atoms in total. The van der Waals surface area contributed by atoms with Gasteiger partial charge in [0.15, 0.2) is 0 Å². The topological polar surface area (TPSA) is 46.3 Å². The van der Waals surface area contributed by atoms with E-state index in [1.807, 2.05) is 17.0 Å². The lowest BCUT2D eigenvalue weighted by Gasteiger charge is -2.16. The van der Waals surface area contributed by atoms with E-state index < -0.39 is 0 Å². The summed E-state index contributed by atoms with van der Waals surface area (Å²) < 4.78 is 0.831. The summed E-state index contributed by atoms with van der Waals surface area (Å²) in [7, 11) is 0. The van der Waals surface area contributed by atoms with Gasteiger partial charge in [-0.1, -0.05) is 13.8 Å². The molecule has 0 radical (unpaired) electrons. The van der Waals surface area contributed by atoms with E-state index in [1.54, 1.807) is 6.07 Å². The van der Waals surface area contributed by atoms with Gasteiger partial charge < -0.3 is 10.6 Å². The number of hydrogen-bond acceptors (Lipinski definition) is 2. The SMILES string of the molecule is CC1CN(C(=O)c2ccc(Br)c(N)c2)CC1C. The van der Waals surface area contributed by atoms with Crippen molar-refractivity contribution in [1.29, 1.82) is 0 Å². The molecule has 0 bridgehead atoms. The lowest BCUT2D eigenvalue weighted by Crippen LogP contribution is -2.28. The number of nitrogen functional groups attached to an aromatic ring is 1.